The van der Waals surface area contributed by atoms with Crippen molar-refractivity contribution < 1.29 is 9.59 Å². The topological polar surface area (TPSA) is 69.8 Å². The molecule has 7 heteroatoms. The lowest BCUT2D eigenvalue weighted by Crippen LogP contribution is -2.13. The number of aryl methyl sites for hydroxylation is 1. The van der Waals surface area contributed by atoms with E-state index in [0.29, 0.717) is 18.7 Å². The van der Waals surface area contributed by atoms with Crippen LogP contribution in [-0.4, -0.2) is 36.0 Å². The van der Waals surface area contributed by atoms with E-state index < -0.39 is 0 Å². The normalized spacial score (nSPS) is 11.4. The summed E-state index contributed by atoms with van der Waals surface area (Å²) in [5.74, 6) is 2.43. The van der Waals surface area contributed by atoms with Crippen LogP contribution in [0.25, 0.3) is 22.1 Å². The summed E-state index contributed by atoms with van der Waals surface area (Å²) in [6.45, 7) is 3.75. The van der Waals surface area contributed by atoms with Gasteiger partial charge >= 0.3 is 0 Å². The van der Waals surface area contributed by atoms with Crippen LogP contribution in [0.15, 0.2) is 48.5 Å². The summed E-state index contributed by atoms with van der Waals surface area (Å²) in [6, 6.07) is 15.7. The van der Waals surface area contributed by atoms with Gasteiger partial charge in [-0.3, -0.25) is 18.1 Å². The second kappa shape index (κ2) is 10.1. The van der Waals surface area contributed by atoms with E-state index in [9.17, 15) is 9.59 Å². The van der Waals surface area contributed by atoms with E-state index >= 15 is 0 Å². The fraction of sp³-hybridized carbons (Fsp3) is 0.360. The predicted octanol–water partition coefficient (Wildman–Crippen LogP) is 5.94. The van der Waals surface area contributed by atoms with E-state index in [0.717, 1.165) is 59.3 Å². The molecule has 4 aromatic rings. The molecule has 0 N–H and O–H groups in total. The average Bonchev–Trinajstić information content (AvgIpc) is 3.38. The number of para-hydroxylation sites is 4. The first kappa shape index (κ1) is 22.3. The Morgan fingerprint density at radius 1 is 0.844 bits per heavy atom. The first-order valence-corrected chi connectivity index (χ1v) is 12.2. The van der Waals surface area contributed by atoms with Crippen molar-refractivity contribution in [3.63, 3.8) is 0 Å². The maximum absolute atomic E-state index is 12.5. The molecule has 0 aliphatic heterocycles. The van der Waals surface area contributed by atoms with Crippen LogP contribution in [0.2, 0.25) is 0 Å². The zero-order chi connectivity index (χ0) is 22.5. The quantitative estimate of drug-likeness (QED) is 0.222. The lowest BCUT2D eigenvalue weighted by atomic mass is 10.2. The van der Waals surface area contributed by atoms with Gasteiger partial charge in [-0.15, -0.1) is 0 Å². The molecular formula is C25H28N4O2S. The van der Waals surface area contributed by atoms with Crippen molar-refractivity contribution >= 4 is 45.7 Å². The summed E-state index contributed by atoms with van der Waals surface area (Å²) in [6.07, 6.45) is 4.69. The third-order valence-corrected chi connectivity index (χ3v) is 6.64. The van der Waals surface area contributed by atoms with Gasteiger partial charge in [0.1, 0.15) is 5.82 Å². The van der Waals surface area contributed by atoms with Crippen LogP contribution < -0.4 is 0 Å². The molecule has 0 amide bonds. The highest BCUT2D eigenvalue weighted by atomic mass is 32.2. The Bertz CT molecular complexity index is 1260. The average molecular weight is 449 g/mol. The summed E-state index contributed by atoms with van der Waals surface area (Å²) in [5.41, 5.74) is 3.61. The van der Waals surface area contributed by atoms with Crippen molar-refractivity contribution in [3.05, 3.63) is 60.2 Å². The van der Waals surface area contributed by atoms with Gasteiger partial charge in [0.2, 0.25) is 5.91 Å². The Kier molecular flexibility index (Phi) is 7.05. The molecule has 0 fully saturated rings. The zero-order valence-electron chi connectivity index (χ0n) is 18.6. The smallest absolute Gasteiger partial charge is 0.232 e. The monoisotopic (exact) mass is 448 g/mol. The highest BCUT2D eigenvalue weighted by Crippen LogP contribution is 2.24. The second-order valence-electron chi connectivity index (χ2n) is 7.74. The summed E-state index contributed by atoms with van der Waals surface area (Å²) in [7, 11) is 0. The molecule has 0 unspecified atom stereocenters. The molecular weight excluding hydrogens is 420 g/mol. The molecule has 0 saturated heterocycles. The van der Waals surface area contributed by atoms with Crippen molar-refractivity contribution in [2.45, 2.75) is 52.4 Å². The summed E-state index contributed by atoms with van der Waals surface area (Å²) in [4.78, 5) is 34.1. The first-order valence-electron chi connectivity index (χ1n) is 11.3. The summed E-state index contributed by atoms with van der Waals surface area (Å²) >= 11 is 1.65. The molecule has 0 radical (unpaired) electrons. The number of Topliss-reactive ketones (excluding diaryl/α,β-unsaturated/α-hetero) is 1. The Morgan fingerprint density at radius 2 is 1.53 bits per heavy atom. The third-order valence-electron chi connectivity index (χ3n) is 5.54. The number of hydrogen-bond donors (Lipinski definition) is 0. The number of unbranched alkanes of at least 4 members (excludes halogenated alkanes) is 2. The lowest BCUT2D eigenvalue weighted by molar-refractivity contribution is 0.0909. The van der Waals surface area contributed by atoms with Crippen molar-refractivity contribution in [2.75, 3.05) is 5.75 Å². The highest BCUT2D eigenvalue weighted by molar-refractivity contribution is 7.98. The van der Waals surface area contributed by atoms with Gasteiger partial charge in [-0.25, -0.2) is 9.97 Å². The molecule has 0 aliphatic rings. The minimum atomic E-state index is 0.0631. The lowest BCUT2D eigenvalue weighted by Gasteiger charge is -2.08. The third kappa shape index (κ3) is 4.48. The van der Waals surface area contributed by atoms with E-state index in [2.05, 4.69) is 4.98 Å². The molecule has 0 atom stereocenters. The van der Waals surface area contributed by atoms with Gasteiger partial charge in [0.15, 0.2) is 11.6 Å². The van der Waals surface area contributed by atoms with Crippen LogP contribution in [0, 0.1) is 0 Å². The molecule has 2 aromatic carbocycles. The standard InChI is InChI=1S/C25H28N4O2S/c1-3-22(30)25-27-19-13-8-10-15-21(19)29(25)32-17-11-5-6-16-23-26-18-12-7-9-14-20(18)28(23)24(31)4-2/h7-10,12-15H,3-6,11,16-17H2,1-2H3. The number of aromatic nitrogens is 4. The number of rotatable bonds is 10. The highest BCUT2D eigenvalue weighted by Gasteiger charge is 2.17. The largest absolute Gasteiger partial charge is 0.291 e. The molecule has 0 saturated carbocycles. The van der Waals surface area contributed by atoms with Crippen LogP contribution >= 0.6 is 11.9 Å². The van der Waals surface area contributed by atoms with E-state index in [-0.39, 0.29) is 11.7 Å². The fourth-order valence-corrected chi connectivity index (χ4v) is 4.94. The number of ketones is 1. The number of hydrogen-bond acceptors (Lipinski definition) is 5. The number of carbonyl (C=O) groups excluding carboxylic acids is 2. The zero-order valence-corrected chi connectivity index (χ0v) is 19.4. The maximum Gasteiger partial charge on any atom is 0.232 e. The maximum atomic E-state index is 12.5. The van der Waals surface area contributed by atoms with Crippen molar-refractivity contribution in [2.24, 2.45) is 0 Å². The Hall–Kier alpha value is -2.93. The van der Waals surface area contributed by atoms with Crippen molar-refractivity contribution in [1.82, 2.24) is 18.5 Å². The van der Waals surface area contributed by atoms with Gasteiger partial charge < -0.3 is 0 Å². The molecule has 2 heterocycles. The van der Waals surface area contributed by atoms with Crippen LogP contribution in [0.4, 0.5) is 0 Å². The number of carbonyl (C=O) groups is 2. The molecule has 0 bridgehead atoms. The molecule has 2 aromatic heterocycles. The summed E-state index contributed by atoms with van der Waals surface area (Å²) in [5, 5.41) is 0. The molecule has 6 nitrogen and oxygen atoms in total. The van der Waals surface area contributed by atoms with Crippen molar-refractivity contribution in [3.8, 4) is 0 Å². The molecule has 32 heavy (non-hydrogen) atoms. The van der Waals surface area contributed by atoms with E-state index in [1.54, 1.807) is 16.5 Å². The van der Waals surface area contributed by atoms with Crippen LogP contribution in [0.1, 0.15) is 67.2 Å². The van der Waals surface area contributed by atoms with Crippen LogP contribution in [-0.2, 0) is 6.42 Å². The van der Waals surface area contributed by atoms with Gasteiger partial charge in [0, 0.05) is 25.0 Å². The van der Waals surface area contributed by atoms with Gasteiger partial charge in [-0.2, -0.15) is 0 Å². The first-order chi connectivity index (χ1) is 15.6. The van der Waals surface area contributed by atoms with E-state index in [1.807, 2.05) is 66.4 Å². The van der Waals surface area contributed by atoms with Crippen LogP contribution in [0.3, 0.4) is 0 Å². The number of fused-ring (bicyclic) bond motifs is 2. The van der Waals surface area contributed by atoms with Gasteiger partial charge in [0.05, 0.1) is 22.1 Å². The summed E-state index contributed by atoms with van der Waals surface area (Å²) < 4.78 is 3.77. The molecule has 0 spiro atoms. The van der Waals surface area contributed by atoms with E-state index in [4.69, 9.17) is 4.98 Å². The second-order valence-corrected chi connectivity index (χ2v) is 8.77. The molecule has 166 valence electrons. The van der Waals surface area contributed by atoms with Crippen molar-refractivity contribution in [1.29, 1.82) is 0 Å². The van der Waals surface area contributed by atoms with Gasteiger partial charge in [-0.1, -0.05) is 44.5 Å². The van der Waals surface area contributed by atoms with E-state index in [1.165, 1.54) is 0 Å². The fourth-order valence-electron chi connectivity index (χ4n) is 3.87. The predicted molar refractivity (Wildman–Crippen MR) is 130 cm³/mol. The Balaban J connectivity index is 1.36. The number of benzene rings is 2. The van der Waals surface area contributed by atoms with Gasteiger partial charge in [-0.05, 0) is 49.1 Å². The van der Waals surface area contributed by atoms with Gasteiger partial charge in [0.25, 0.3) is 0 Å². The molecule has 4 rings (SSSR count). The minimum absolute atomic E-state index is 0.0631. The SMILES string of the molecule is CCC(=O)c1nc2ccccc2n1SCCCCCc1nc2ccccc2n1C(=O)CC. The number of imidazole rings is 2. The Morgan fingerprint density at radius 3 is 2.25 bits per heavy atom. The van der Waals surface area contributed by atoms with Crippen LogP contribution in [0.5, 0.6) is 0 Å². The molecule has 0 aliphatic carbocycles. The minimum Gasteiger partial charge on any atom is -0.291 e. The number of nitrogens with zero attached hydrogens (tertiary/aromatic N) is 4. The Labute approximate surface area is 192 Å².